The van der Waals surface area contributed by atoms with E-state index in [9.17, 15) is 9.18 Å². The fraction of sp³-hybridized carbons (Fsp3) is 0.0769. The lowest BCUT2D eigenvalue weighted by Crippen LogP contribution is -2.12. The summed E-state index contributed by atoms with van der Waals surface area (Å²) < 4.78 is 18.3. The Morgan fingerprint density at radius 2 is 2.16 bits per heavy atom. The van der Waals surface area contributed by atoms with Crippen molar-refractivity contribution in [2.45, 2.75) is 0 Å². The summed E-state index contributed by atoms with van der Waals surface area (Å²) in [6.45, 7) is 0. The number of halogens is 1. The van der Waals surface area contributed by atoms with Gasteiger partial charge in [-0.15, -0.1) is 0 Å². The Balaban J connectivity index is 2.17. The molecule has 0 bridgehead atoms. The van der Waals surface area contributed by atoms with Gasteiger partial charge in [0.25, 0.3) is 5.91 Å². The maximum Gasteiger partial charge on any atom is 0.255 e. The zero-order valence-corrected chi connectivity index (χ0v) is 10.2. The fourth-order valence-corrected chi connectivity index (χ4v) is 1.54. The van der Waals surface area contributed by atoms with Gasteiger partial charge >= 0.3 is 0 Å². The lowest BCUT2D eigenvalue weighted by atomic mass is 10.2. The van der Waals surface area contributed by atoms with Crippen molar-refractivity contribution in [1.82, 2.24) is 4.98 Å². The second-order valence-electron chi connectivity index (χ2n) is 3.77. The van der Waals surface area contributed by atoms with Gasteiger partial charge in [-0.25, -0.2) is 9.37 Å². The number of hydrogen-bond donors (Lipinski definition) is 2. The van der Waals surface area contributed by atoms with Gasteiger partial charge in [-0.2, -0.15) is 0 Å². The summed E-state index contributed by atoms with van der Waals surface area (Å²) >= 11 is 0. The zero-order valence-electron chi connectivity index (χ0n) is 10.2. The SMILES string of the molecule is COc1ccc(NC(=O)c2ccnc(N)c2)cc1F. The number of nitrogens with one attached hydrogen (secondary N) is 1. The third-order valence-corrected chi connectivity index (χ3v) is 2.45. The van der Waals surface area contributed by atoms with Crippen LogP contribution in [0.5, 0.6) is 5.75 Å². The molecule has 0 aliphatic rings. The lowest BCUT2D eigenvalue weighted by Gasteiger charge is -2.07. The van der Waals surface area contributed by atoms with E-state index in [1.165, 1.54) is 37.6 Å². The number of carbonyl (C=O) groups is 1. The van der Waals surface area contributed by atoms with E-state index < -0.39 is 11.7 Å². The summed E-state index contributed by atoms with van der Waals surface area (Å²) in [5, 5.41) is 2.56. The summed E-state index contributed by atoms with van der Waals surface area (Å²) in [7, 11) is 1.37. The van der Waals surface area contributed by atoms with Crippen LogP contribution in [0.25, 0.3) is 0 Å². The topological polar surface area (TPSA) is 77.2 Å². The first kappa shape index (κ1) is 12.8. The van der Waals surface area contributed by atoms with Gasteiger partial charge in [-0.1, -0.05) is 0 Å². The first-order chi connectivity index (χ1) is 9.10. The molecule has 0 saturated heterocycles. The van der Waals surface area contributed by atoms with Gasteiger partial charge in [0.1, 0.15) is 5.82 Å². The Labute approximate surface area is 109 Å². The van der Waals surface area contributed by atoms with E-state index in [1.807, 2.05) is 0 Å². The minimum Gasteiger partial charge on any atom is -0.494 e. The molecule has 0 spiro atoms. The van der Waals surface area contributed by atoms with E-state index in [0.717, 1.165) is 0 Å². The van der Waals surface area contributed by atoms with E-state index >= 15 is 0 Å². The van der Waals surface area contributed by atoms with Gasteiger partial charge in [0.15, 0.2) is 11.6 Å². The molecule has 6 heteroatoms. The Kier molecular flexibility index (Phi) is 3.61. The maximum absolute atomic E-state index is 13.5. The number of carbonyl (C=O) groups excluding carboxylic acids is 1. The third-order valence-electron chi connectivity index (χ3n) is 2.45. The van der Waals surface area contributed by atoms with Crippen LogP contribution in [0, 0.1) is 5.82 Å². The van der Waals surface area contributed by atoms with Gasteiger partial charge in [0.2, 0.25) is 0 Å². The van der Waals surface area contributed by atoms with Crippen molar-refractivity contribution in [3.8, 4) is 5.75 Å². The molecule has 1 heterocycles. The number of amides is 1. The summed E-state index contributed by atoms with van der Waals surface area (Å²) in [6, 6.07) is 7.12. The number of benzene rings is 1. The van der Waals surface area contributed by atoms with Crippen LogP contribution in [0.4, 0.5) is 15.9 Å². The summed E-state index contributed by atoms with van der Waals surface area (Å²) in [5.74, 6) is -0.576. The number of nitrogens with two attached hydrogens (primary N) is 1. The molecule has 2 rings (SSSR count). The number of rotatable bonds is 3. The monoisotopic (exact) mass is 261 g/mol. The summed E-state index contributed by atoms with van der Waals surface area (Å²) in [5.41, 5.74) is 6.17. The second kappa shape index (κ2) is 5.34. The standard InChI is InChI=1S/C13H12FN3O2/c1-19-11-3-2-9(7-10(11)14)17-13(18)8-4-5-16-12(15)6-8/h2-7H,1H3,(H2,15,16)(H,17,18). The highest BCUT2D eigenvalue weighted by Gasteiger charge is 2.09. The van der Waals surface area contributed by atoms with Crippen molar-refractivity contribution in [2.75, 3.05) is 18.2 Å². The van der Waals surface area contributed by atoms with Crippen LogP contribution in [0.3, 0.4) is 0 Å². The Bertz CT molecular complexity index is 617. The largest absolute Gasteiger partial charge is 0.494 e. The molecule has 3 N–H and O–H groups in total. The van der Waals surface area contributed by atoms with Crippen LogP contribution in [-0.2, 0) is 0 Å². The van der Waals surface area contributed by atoms with Gasteiger partial charge in [-0.3, -0.25) is 4.79 Å². The Morgan fingerprint density at radius 3 is 2.79 bits per heavy atom. The van der Waals surface area contributed by atoms with Crippen LogP contribution in [0.1, 0.15) is 10.4 Å². The highest BCUT2D eigenvalue weighted by molar-refractivity contribution is 6.04. The lowest BCUT2D eigenvalue weighted by molar-refractivity contribution is 0.102. The highest BCUT2D eigenvalue weighted by Crippen LogP contribution is 2.21. The number of nitrogen functional groups attached to an aromatic ring is 1. The maximum atomic E-state index is 13.5. The molecule has 19 heavy (non-hydrogen) atoms. The van der Waals surface area contributed by atoms with Crippen LogP contribution < -0.4 is 15.8 Å². The van der Waals surface area contributed by atoms with E-state index in [0.29, 0.717) is 11.3 Å². The third kappa shape index (κ3) is 2.98. The smallest absolute Gasteiger partial charge is 0.255 e. The predicted molar refractivity (Wildman–Crippen MR) is 69.6 cm³/mol. The molecule has 0 saturated carbocycles. The molecule has 1 aromatic heterocycles. The molecule has 0 fully saturated rings. The van der Waals surface area contributed by atoms with Crippen LogP contribution in [-0.4, -0.2) is 18.0 Å². The summed E-state index contributed by atoms with van der Waals surface area (Å²) in [4.78, 5) is 15.7. The average molecular weight is 261 g/mol. The van der Waals surface area contributed by atoms with E-state index in [1.54, 1.807) is 6.07 Å². The van der Waals surface area contributed by atoms with Gasteiger partial charge in [0, 0.05) is 23.5 Å². The van der Waals surface area contributed by atoms with Crippen molar-refractivity contribution in [1.29, 1.82) is 0 Å². The molecular weight excluding hydrogens is 249 g/mol. The van der Waals surface area contributed by atoms with Crippen LogP contribution in [0.2, 0.25) is 0 Å². The molecule has 0 aliphatic heterocycles. The Hall–Kier alpha value is -2.63. The normalized spacial score (nSPS) is 10.0. The number of nitrogens with zero attached hydrogens (tertiary/aromatic N) is 1. The first-order valence-electron chi connectivity index (χ1n) is 5.46. The van der Waals surface area contributed by atoms with E-state index in [-0.39, 0.29) is 11.6 Å². The quantitative estimate of drug-likeness (QED) is 0.886. The van der Waals surface area contributed by atoms with E-state index in [2.05, 4.69) is 10.3 Å². The number of hydrogen-bond acceptors (Lipinski definition) is 4. The van der Waals surface area contributed by atoms with Crippen molar-refractivity contribution in [2.24, 2.45) is 0 Å². The summed E-state index contributed by atoms with van der Waals surface area (Å²) in [6.07, 6.45) is 1.43. The van der Waals surface area contributed by atoms with Gasteiger partial charge in [0.05, 0.1) is 7.11 Å². The van der Waals surface area contributed by atoms with Crippen molar-refractivity contribution in [3.05, 3.63) is 47.9 Å². The molecular formula is C13H12FN3O2. The molecule has 0 aliphatic carbocycles. The number of anilines is 2. The molecule has 0 unspecified atom stereocenters. The zero-order chi connectivity index (χ0) is 13.8. The fourth-order valence-electron chi connectivity index (χ4n) is 1.54. The number of ether oxygens (including phenoxy) is 1. The number of methoxy groups -OCH3 is 1. The molecule has 5 nitrogen and oxygen atoms in total. The molecule has 98 valence electrons. The highest BCUT2D eigenvalue weighted by atomic mass is 19.1. The van der Waals surface area contributed by atoms with Crippen LogP contribution in [0.15, 0.2) is 36.5 Å². The molecule has 1 amide bonds. The molecule has 0 atom stereocenters. The molecule has 0 radical (unpaired) electrons. The van der Waals surface area contributed by atoms with Gasteiger partial charge in [-0.05, 0) is 24.3 Å². The predicted octanol–water partition coefficient (Wildman–Crippen LogP) is 2.06. The second-order valence-corrected chi connectivity index (χ2v) is 3.77. The van der Waals surface area contributed by atoms with E-state index in [4.69, 9.17) is 10.5 Å². The number of aromatic nitrogens is 1. The Morgan fingerprint density at radius 1 is 1.37 bits per heavy atom. The minimum absolute atomic E-state index is 0.117. The van der Waals surface area contributed by atoms with Crippen molar-refractivity contribution >= 4 is 17.4 Å². The van der Waals surface area contributed by atoms with Crippen LogP contribution >= 0.6 is 0 Å². The van der Waals surface area contributed by atoms with Crippen molar-refractivity contribution in [3.63, 3.8) is 0 Å². The van der Waals surface area contributed by atoms with Gasteiger partial charge < -0.3 is 15.8 Å². The first-order valence-corrected chi connectivity index (χ1v) is 5.46. The molecule has 1 aromatic carbocycles. The van der Waals surface area contributed by atoms with Crippen molar-refractivity contribution < 1.29 is 13.9 Å². The average Bonchev–Trinajstić information content (AvgIpc) is 2.39. The number of pyridine rings is 1. The minimum atomic E-state index is -0.547. The molecule has 2 aromatic rings.